The summed E-state index contributed by atoms with van der Waals surface area (Å²) in [4.78, 5) is 43.6. The number of benzene rings is 2. The highest BCUT2D eigenvalue weighted by atomic mass is 16.7. The molecular formula is C26H31N3O6. The van der Waals surface area contributed by atoms with E-state index in [-0.39, 0.29) is 18.9 Å². The zero-order valence-corrected chi connectivity index (χ0v) is 20.0. The van der Waals surface area contributed by atoms with Crippen molar-refractivity contribution in [3.63, 3.8) is 0 Å². The normalized spacial score (nSPS) is 16.7. The maximum Gasteiger partial charge on any atom is 0.407 e. The van der Waals surface area contributed by atoms with Crippen LogP contribution in [0.1, 0.15) is 36.3 Å². The lowest BCUT2D eigenvalue weighted by Gasteiger charge is -2.41. The Kier molecular flexibility index (Phi) is 7.37. The maximum atomic E-state index is 13.0. The fourth-order valence-electron chi connectivity index (χ4n) is 4.87. The number of carboxylic acids is 1. The number of amides is 2. The highest BCUT2D eigenvalue weighted by molar-refractivity contribution is 5.80. The molecule has 2 N–H and O–H groups in total. The molecule has 9 nitrogen and oxygen atoms in total. The van der Waals surface area contributed by atoms with E-state index in [2.05, 4.69) is 34.5 Å². The largest absolute Gasteiger partial charge is 0.479 e. The summed E-state index contributed by atoms with van der Waals surface area (Å²) >= 11 is 0. The van der Waals surface area contributed by atoms with Gasteiger partial charge in [0, 0.05) is 26.1 Å². The van der Waals surface area contributed by atoms with Crippen LogP contribution in [-0.4, -0.2) is 79.0 Å². The van der Waals surface area contributed by atoms with Crippen LogP contribution < -0.4 is 5.32 Å². The maximum absolute atomic E-state index is 13.0. The molecule has 4 rings (SSSR count). The van der Waals surface area contributed by atoms with Gasteiger partial charge in [0.2, 0.25) is 5.91 Å². The van der Waals surface area contributed by atoms with Gasteiger partial charge in [-0.05, 0) is 42.1 Å². The Labute approximate surface area is 204 Å². The van der Waals surface area contributed by atoms with Gasteiger partial charge in [-0.1, -0.05) is 48.5 Å². The van der Waals surface area contributed by atoms with Crippen molar-refractivity contribution in [1.29, 1.82) is 0 Å². The minimum absolute atomic E-state index is 0.0127. The van der Waals surface area contributed by atoms with Crippen LogP contribution in [0.15, 0.2) is 48.5 Å². The Morgan fingerprint density at radius 2 is 1.63 bits per heavy atom. The van der Waals surface area contributed by atoms with E-state index in [1.54, 1.807) is 0 Å². The molecule has 1 aliphatic carbocycles. The van der Waals surface area contributed by atoms with Gasteiger partial charge in [-0.3, -0.25) is 9.63 Å². The van der Waals surface area contributed by atoms with E-state index in [4.69, 9.17) is 14.7 Å². The smallest absolute Gasteiger partial charge is 0.407 e. The Hall–Kier alpha value is -3.43. The second-order valence-electron chi connectivity index (χ2n) is 9.27. The van der Waals surface area contributed by atoms with Crippen molar-refractivity contribution in [3.05, 3.63) is 59.7 Å². The molecule has 0 bridgehead atoms. The van der Waals surface area contributed by atoms with Crippen LogP contribution in [0.4, 0.5) is 4.79 Å². The standard InChI is InChI=1S/C26H31N3O6/c1-28-13-11-26(12-14-28,15-23(30)29(2)35-17-24(31)32)27-25(33)34-16-22-20-9-5-3-7-18(20)19-8-4-6-10-21(19)22/h3-10,22H,11-17H2,1-2H3,(H,27,33)(H,31,32). The molecule has 186 valence electrons. The quantitative estimate of drug-likeness (QED) is 0.558. The molecule has 2 aromatic rings. The molecule has 1 saturated heterocycles. The van der Waals surface area contributed by atoms with Gasteiger partial charge in [-0.2, -0.15) is 0 Å². The summed E-state index contributed by atoms with van der Waals surface area (Å²) in [6.45, 7) is 0.983. The van der Waals surface area contributed by atoms with Gasteiger partial charge in [-0.25, -0.2) is 14.7 Å². The number of aliphatic carboxylic acids is 1. The number of ether oxygens (including phenoxy) is 1. The summed E-state index contributed by atoms with van der Waals surface area (Å²) in [5.74, 6) is -1.64. The van der Waals surface area contributed by atoms with Gasteiger partial charge in [0.1, 0.15) is 6.61 Å². The number of fused-ring (bicyclic) bond motifs is 3. The molecule has 1 fully saturated rings. The molecule has 0 radical (unpaired) electrons. The predicted molar refractivity (Wildman–Crippen MR) is 129 cm³/mol. The highest BCUT2D eigenvalue weighted by Crippen LogP contribution is 2.44. The number of nitrogens with one attached hydrogen (secondary N) is 1. The van der Waals surface area contributed by atoms with E-state index >= 15 is 0 Å². The van der Waals surface area contributed by atoms with Gasteiger partial charge in [0.15, 0.2) is 6.61 Å². The molecule has 0 atom stereocenters. The topological polar surface area (TPSA) is 108 Å². The first-order valence-corrected chi connectivity index (χ1v) is 11.7. The Morgan fingerprint density at radius 1 is 1.06 bits per heavy atom. The van der Waals surface area contributed by atoms with Crippen LogP contribution in [-0.2, 0) is 19.2 Å². The lowest BCUT2D eigenvalue weighted by molar-refractivity contribution is -0.187. The summed E-state index contributed by atoms with van der Waals surface area (Å²) in [6, 6.07) is 16.3. The van der Waals surface area contributed by atoms with Crippen molar-refractivity contribution >= 4 is 18.0 Å². The SMILES string of the molecule is CN1CCC(CC(=O)N(C)OCC(=O)O)(NC(=O)OCC2c3ccccc3-c3ccccc32)CC1. The van der Waals surface area contributed by atoms with Gasteiger partial charge in [0.25, 0.3) is 0 Å². The molecule has 1 aliphatic heterocycles. The first-order chi connectivity index (χ1) is 16.8. The fraction of sp³-hybridized carbons (Fsp3) is 0.423. The van der Waals surface area contributed by atoms with Gasteiger partial charge >= 0.3 is 12.1 Å². The number of hydrogen-bond donors (Lipinski definition) is 2. The number of hydroxylamine groups is 2. The average Bonchev–Trinajstić information content (AvgIpc) is 3.17. The van der Waals surface area contributed by atoms with Crippen LogP contribution >= 0.6 is 0 Å². The van der Waals surface area contributed by atoms with Crippen molar-refractivity contribution in [2.75, 3.05) is 40.4 Å². The second kappa shape index (κ2) is 10.5. The molecule has 2 aliphatic rings. The summed E-state index contributed by atoms with van der Waals surface area (Å²) in [5.41, 5.74) is 3.76. The molecule has 0 spiro atoms. The number of likely N-dealkylation sites (tertiary alicyclic amines) is 1. The Morgan fingerprint density at radius 3 is 2.20 bits per heavy atom. The zero-order chi connectivity index (χ0) is 25.0. The summed E-state index contributed by atoms with van der Waals surface area (Å²) in [5, 5.41) is 12.7. The van der Waals surface area contributed by atoms with E-state index in [1.165, 1.54) is 7.05 Å². The van der Waals surface area contributed by atoms with E-state index in [0.717, 1.165) is 27.3 Å². The number of piperidine rings is 1. The van der Waals surface area contributed by atoms with E-state index in [9.17, 15) is 14.4 Å². The molecule has 35 heavy (non-hydrogen) atoms. The lowest BCUT2D eigenvalue weighted by Crippen LogP contribution is -2.57. The first kappa shape index (κ1) is 24.7. The Balaban J connectivity index is 1.42. The minimum atomic E-state index is -1.17. The third-order valence-corrected chi connectivity index (χ3v) is 6.88. The molecule has 0 saturated carbocycles. The lowest BCUT2D eigenvalue weighted by atomic mass is 9.84. The third-order valence-electron chi connectivity index (χ3n) is 6.88. The van der Waals surface area contributed by atoms with Crippen LogP contribution in [0.3, 0.4) is 0 Å². The molecule has 2 aromatic carbocycles. The third kappa shape index (κ3) is 5.63. The van der Waals surface area contributed by atoms with E-state index in [0.29, 0.717) is 25.9 Å². The van der Waals surface area contributed by atoms with Crippen molar-refractivity contribution < 1.29 is 29.1 Å². The highest BCUT2D eigenvalue weighted by Gasteiger charge is 2.39. The summed E-state index contributed by atoms with van der Waals surface area (Å²) in [6.07, 6.45) is 0.540. The number of hydrogen-bond acceptors (Lipinski definition) is 6. The van der Waals surface area contributed by atoms with Gasteiger partial charge in [0.05, 0.1) is 12.0 Å². The van der Waals surface area contributed by atoms with Crippen LogP contribution in [0, 0.1) is 0 Å². The minimum Gasteiger partial charge on any atom is -0.479 e. The first-order valence-electron chi connectivity index (χ1n) is 11.7. The molecule has 0 aromatic heterocycles. The number of rotatable bonds is 8. The number of alkyl carbamates (subject to hydrolysis) is 1. The number of carboxylic acid groups (broad SMARTS) is 1. The predicted octanol–water partition coefficient (Wildman–Crippen LogP) is 2.85. The van der Waals surface area contributed by atoms with E-state index in [1.807, 2.05) is 31.3 Å². The van der Waals surface area contributed by atoms with Crippen molar-refractivity contribution in [3.8, 4) is 11.1 Å². The summed E-state index contributed by atoms with van der Waals surface area (Å²) in [7, 11) is 3.36. The average molecular weight is 482 g/mol. The molecule has 2 amide bonds. The second-order valence-corrected chi connectivity index (χ2v) is 9.27. The monoisotopic (exact) mass is 481 g/mol. The fourth-order valence-corrected chi connectivity index (χ4v) is 4.87. The molecular weight excluding hydrogens is 450 g/mol. The van der Waals surface area contributed by atoms with Crippen LogP contribution in [0.25, 0.3) is 11.1 Å². The van der Waals surface area contributed by atoms with Crippen LogP contribution in [0.2, 0.25) is 0 Å². The van der Waals surface area contributed by atoms with Crippen LogP contribution in [0.5, 0.6) is 0 Å². The van der Waals surface area contributed by atoms with Crippen molar-refractivity contribution in [2.24, 2.45) is 0 Å². The van der Waals surface area contributed by atoms with Gasteiger partial charge < -0.3 is 20.1 Å². The van der Waals surface area contributed by atoms with Crippen molar-refractivity contribution in [2.45, 2.75) is 30.7 Å². The Bertz CT molecular complexity index is 1050. The molecule has 0 unspecified atom stereocenters. The number of carbonyl (C=O) groups is 3. The summed E-state index contributed by atoms with van der Waals surface area (Å²) < 4.78 is 5.72. The zero-order valence-electron chi connectivity index (χ0n) is 20.0. The number of carbonyl (C=O) groups excluding carboxylic acids is 2. The molecule has 1 heterocycles. The van der Waals surface area contributed by atoms with Gasteiger partial charge in [-0.15, -0.1) is 0 Å². The van der Waals surface area contributed by atoms with Crippen molar-refractivity contribution in [1.82, 2.24) is 15.3 Å². The van der Waals surface area contributed by atoms with E-state index < -0.39 is 30.1 Å². The number of nitrogens with zero attached hydrogens (tertiary/aromatic N) is 2. The molecule has 9 heteroatoms.